The molecule has 0 spiro atoms. The molecular formula is C82H147NO8. The zero-order chi connectivity index (χ0) is 65.7. The van der Waals surface area contributed by atoms with Crippen LogP contribution in [-0.4, -0.2) is 87.5 Å². The summed E-state index contributed by atoms with van der Waals surface area (Å²) in [5, 5.41) is 54.9. The molecule has 9 heteroatoms. The summed E-state index contributed by atoms with van der Waals surface area (Å²) in [6.45, 7) is 3.69. The summed E-state index contributed by atoms with van der Waals surface area (Å²) in [6.07, 6.45) is 95.5. The zero-order valence-corrected chi connectivity index (χ0v) is 59.3. The lowest BCUT2D eigenvalue weighted by atomic mass is 9.99. The van der Waals surface area contributed by atoms with Gasteiger partial charge in [-0.05, 0) is 83.5 Å². The lowest BCUT2D eigenvalue weighted by molar-refractivity contribution is -0.302. The first-order chi connectivity index (χ1) is 44.8. The molecule has 91 heavy (non-hydrogen) atoms. The first-order valence-corrected chi connectivity index (χ1v) is 39.0. The van der Waals surface area contributed by atoms with Gasteiger partial charge in [0.05, 0.1) is 25.4 Å². The monoisotopic (exact) mass is 1270 g/mol. The second-order valence-corrected chi connectivity index (χ2v) is 26.8. The van der Waals surface area contributed by atoms with Crippen molar-refractivity contribution < 1.29 is 39.8 Å². The first kappa shape index (κ1) is 86.1. The first-order valence-electron chi connectivity index (χ1n) is 39.0. The molecule has 1 fully saturated rings. The smallest absolute Gasteiger partial charge is 0.220 e. The molecule has 6 N–H and O–H groups in total. The van der Waals surface area contributed by atoms with E-state index in [1.807, 2.05) is 6.08 Å². The number of unbranched alkanes of at least 4 members (excludes halogenated alkanes) is 44. The van der Waals surface area contributed by atoms with Gasteiger partial charge in [-0.1, -0.05) is 368 Å². The fourth-order valence-corrected chi connectivity index (χ4v) is 12.1. The van der Waals surface area contributed by atoms with E-state index in [1.165, 1.54) is 263 Å². The van der Waals surface area contributed by atoms with Gasteiger partial charge in [0, 0.05) is 6.42 Å². The minimum atomic E-state index is -1.58. The van der Waals surface area contributed by atoms with Crippen molar-refractivity contribution in [2.75, 3.05) is 13.2 Å². The van der Waals surface area contributed by atoms with Gasteiger partial charge < -0.3 is 40.3 Å². The highest BCUT2D eigenvalue weighted by Crippen LogP contribution is 2.24. The minimum absolute atomic E-state index is 0.182. The van der Waals surface area contributed by atoms with Gasteiger partial charge in [-0.2, -0.15) is 0 Å². The lowest BCUT2D eigenvalue weighted by Gasteiger charge is -2.40. The van der Waals surface area contributed by atoms with Gasteiger partial charge in [0.25, 0.3) is 0 Å². The van der Waals surface area contributed by atoms with Gasteiger partial charge in [-0.15, -0.1) is 0 Å². The summed E-state index contributed by atoms with van der Waals surface area (Å²) in [5.41, 5.74) is 0. The standard InChI is InChI=1S/C82H147NO8/c1-3-5-7-9-11-13-15-17-19-21-23-25-27-29-31-33-34-35-36-37-38-39-40-41-42-44-46-48-50-52-54-56-58-60-62-64-66-68-70-72-78(86)83-75(74-90-82-81(89)80(88)79(87)77(73-84)91-82)76(85)71-69-67-65-63-61-59-57-55-53-51-49-47-45-43-32-30-28-26-24-22-20-18-16-14-12-10-8-6-4-2/h5,7,11,13,17,19,23,25,29,31,34-35,61,63,69,71,75-77,79-82,84-85,87-89H,3-4,6,8-10,12,14-16,18,20-22,24,26-28,30,32-33,36-60,62,64-68,70,72-74H2,1-2H3,(H,83,86)/b7-5-,13-11-,19-17-,25-23-,31-29-,35-34-,63-61+,71-69+. The SMILES string of the molecule is CC/C=C\C/C=C\C/C=C\C/C=C\C/C=C\C/C=C\CCCCCCCCCCCCCCCCCCCCCCC(=O)NC(COC1OC(CO)C(O)C(O)C1O)C(O)/C=C/CC/C=C/CCCCCCCCCCCCCCCCCCCCCCCCC. The number of hydrogen-bond acceptors (Lipinski definition) is 8. The molecule has 0 bridgehead atoms. The summed E-state index contributed by atoms with van der Waals surface area (Å²) in [4.78, 5) is 13.2. The third kappa shape index (κ3) is 58.2. The van der Waals surface area contributed by atoms with E-state index in [-0.39, 0.29) is 12.5 Å². The number of allylic oxidation sites excluding steroid dienone is 15. The molecule has 7 unspecified atom stereocenters. The summed E-state index contributed by atoms with van der Waals surface area (Å²) < 4.78 is 11.3. The van der Waals surface area contributed by atoms with Gasteiger partial charge in [0.1, 0.15) is 24.4 Å². The van der Waals surface area contributed by atoms with E-state index >= 15 is 0 Å². The third-order valence-corrected chi connectivity index (χ3v) is 18.1. The number of nitrogens with one attached hydrogen (secondary N) is 1. The van der Waals surface area contributed by atoms with E-state index in [0.717, 1.165) is 77.0 Å². The summed E-state index contributed by atoms with van der Waals surface area (Å²) >= 11 is 0. The van der Waals surface area contributed by atoms with E-state index in [9.17, 15) is 30.3 Å². The fourth-order valence-electron chi connectivity index (χ4n) is 12.1. The van der Waals surface area contributed by atoms with Crippen molar-refractivity contribution in [2.24, 2.45) is 0 Å². The van der Waals surface area contributed by atoms with Gasteiger partial charge >= 0.3 is 0 Å². The van der Waals surface area contributed by atoms with Crippen LogP contribution in [0.15, 0.2) is 97.2 Å². The Hall–Kier alpha value is -2.89. The van der Waals surface area contributed by atoms with Crippen LogP contribution in [-0.2, 0) is 14.3 Å². The molecule has 1 rings (SSSR count). The van der Waals surface area contributed by atoms with Gasteiger partial charge in [-0.25, -0.2) is 0 Å². The molecule has 1 saturated heterocycles. The third-order valence-electron chi connectivity index (χ3n) is 18.1. The van der Waals surface area contributed by atoms with Crippen molar-refractivity contribution >= 4 is 5.91 Å². The van der Waals surface area contributed by atoms with Crippen LogP contribution in [0.1, 0.15) is 361 Å². The van der Waals surface area contributed by atoms with E-state index < -0.39 is 49.5 Å². The second-order valence-electron chi connectivity index (χ2n) is 26.8. The number of ether oxygens (including phenoxy) is 2. The lowest BCUT2D eigenvalue weighted by Crippen LogP contribution is -2.60. The van der Waals surface area contributed by atoms with Gasteiger partial charge in [0.2, 0.25) is 5.91 Å². The summed E-state index contributed by atoms with van der Waals surface area (Å²) in [5.74, 6) is -0.182. The Bertz CT molecular complexity index is 1770. The molecule has 0 radical (unpaired) electrons. The van der Waals surface area contributed by atoms with E-state index in [1.54, 1.807) is 6.08 Å². The Labute approximate surface area is 562 Å². The van der Waals surface area contributed by atoms with Crippen LogP contribution in [0.3, 0.4) is 0 Å². The predicted molar refractivity (Wildman–Crippen MR) is 391 cm³/mol. The largest absolute Gasteiger partial charge is 0.394 e. The molecule has 528 valence electrons. The molecule has 1 amide bonds. The zero-order valence-electron chi connectivity index (χ0n) is 59.3. The Morgan fingerprint density at radius 1 is 0.385 bits per heavy atom. The van der Waals surface area contributed by atoms with Crippen molar-refractivity contribution in [1.82, 2.24) is 5.32 Å². The van der Waals surface area contributed by atoms with Crippen LogP contribution in [0, 0.1) is 0 Å². The Kier molecular flexibility index (Phi) is 66.2. The average molecular weight is 1280 g/mol. The topological polar surface area (TPSA) is 149 Å². The highest BCUT2D eigenvalue weighted by molar-refractivity contribution is 5.76. The Morgan fingerprint density at radius 2 is 0.692 bits per heavy atom. The van der Waals surface area contributed by atoms with Crippen molar-refractivity contribution in [3.05, 3.63) is 97.2 Å². The number of carbonyl (C=O) groups excluding carboxylic acids is 1. The van der Waals surface area contributed by atoms with Crippen molar-refractivity contribution in [3.63, 3.8) is 0 Å². The molecule has 1 heterocycles. The molecule has 0 aromatic heterocycles. The molecular weight excluding hydrogens is 1130 g/mol. The normalized spacial score (nSPS) is 18.3. The van der Waals surface area contributed by atoms with Crippen LogP contribution < -0.4 is 5.32 Å². The second kappa shape index (κ2) is 69.9. The van der Waals surface area contributed by atoms with Crippen molar-refractivity contribution in [3.8, 4) is 0 Å². The molecule has 0 aromatic carbocycles. The number of aliphatic hydroxyl groups is 5. The van der Waals surface area contributed by atoms with Crippen LogP contribution in [0.2, 0.25) is 0 Å². The number of aliphatic hydroxyl groups excluding tert-OH is 5. The van der Waals surface area contributed by atoms with E-state index in [4.69, 9.17) is 9.47 Å². The van der Waals surface area contributed by atoms with Crippen LogP contribution in [0.5, 0.6) is 0 Å². The van der Waals surface area contributed by atoms with Gasteiger partial charge in [0.15, 0.2) is 6.29 Å². The summed E-state index contributed by atoms with van der Waals surface area (Å²) in [6, 6.07) is -0.827. The predicted octanol–water partition coefficient (Wildman–Crippen LogP) is 22.2. The Morgan fingerprint density at radius 3 is 1.05 bits per heavy atom. The minimum Gasteiger partial charge on any atom is -0.394 e. The van der Waals surface area contributed by atoms with Crippen molar-refractivity contribution in [2.45, 2.75) is 403 Å². The average Bonchev–Trinajstić information content (AvgIpc) is 1.33. The Balaban J connectivity index is 2.09. The molecule has 0 aliphatic carbocycles. The van der Waals surface area contributed by atoms with Gasteiger partial charge in [-0.3, -0.25) is 4.79 Å². The molecule has 1 aliphatic rings. The molecule has 7 atom stereocenters. The highest BCUT2D eigenvalue weighted by atomic mass is 16.7. The molecule has 1 aliphatic heterocycles. The van der Waals surface area contributed by atoms with E-state index in [0.29, 0.717) is 6.42 Å². The number of carbonyl (C=O) groups is 1. The molecule has 0 saturated carbocycles. The molecule has 9 nitrogen and oxygen atoms in total. The van der Waals surface area contributed by atoms with Crippen molar-refractivity contribution in [1.29, 1.82) is 0 Å². The molecule has 0 aromatic rings. The van der Waals surface area contributed by atoms with E-state index in [2.05, 4.69) is 104 Å². The number of amides is 1. The maximum absolute atomic E-state index is 13.2. The number of hydrogen-bond donors (Lipinski definition) is 6. The highest BCUT2D eigenvalue weighted by Gasteiger charge is 2.44. The maximum atomic E-state index is 13.2. The quantitative estimate of drug-likeness (QED) is 0.0261. The number of rotatable bonds is 68. The van der Waals surface area contributed by atoms with Crippen LogP contribution in [0.25, 0.3) is 0 Å². The fraction of sp³-hybridized carbons (Fsp3) is 0.793. The summed E-state index contributed by atoms with van der Waals surface area (Å²) in [7, 11) is 0. The maximum Gasteiger partial charge on any atom is 0.220 e. The van der Waals surface area contributed by atoms with Crippen LogP contribution >= 0.6 is 0 Å². The van der Waals surface area contributed by atoms with Crippen LogP contribution in [0.4, 0.5) is 0 Å².